The van der Waals surface area contributed by atoms with E-state index in [1.54, 1.807) is 19.1 Å². The van der Waals surface area contributed by atoms with Crippen LogP contribution in [-0.2, 0) is 14.8 Å². The van der Waals surface area contributed by atoms with Crippen LogP contribution in [0.4, 0.5) is 0 Å². The lowest BCUT2D eigenvalue weighted by atomic mass is 9.82. The Hall–Kier alpha value is -1.93. The third kappa shape index (κ3) is 4.01. The predicted octanol–water partition coefficient (Wildman–Crippen LogP) is 2.19. The standard InChI is InChI=1S/C19H26N2O5S/c1-19(18(23)24)9-6-10-20(14-19)17(22)15-7-5-8-16(13-15)27(25,26)21-11-3-2-4-12-21/h5,7-8,13H,2-4,6,9-12,14H2,1H3,(H,23,24). The van der Waals surface area contributed by atoms with Gasteiger partial charge in [-0.15, -0.1) is 0 Å². The number of aliphatic carboxylic acids is 1. The highest BCUT2D eigenvalue weighted by atomic mass is 32.2. The van der Waals surface area contributed by atoms with Gasteiger partial charge in [0.2, 0.25) is 10.0 Å². The number of carbonyl (C=O) groups excluding carboxylic acids is 1. The summed E-state index contributed by atoms with van der Waals surface area (Å²) in [5.41, 5.74) is -0.687. The average Bonchev–Trinajstić information content (AvgIpc) is 2.68. The molecular formula is C19H26N2O5S. The Balaban J connectivity index is 1.82. The van der Waals surface area contributed by atoms with Crippen LogP contribution >= 0.6 is 0 Å². The Morgan fingerprint density at radius 1 is 1.07 bits per heavy atom. The van der Waals surface area contributed by atoms with Gasteiger partial charge >= 0.3 is 5.97 Å². The number of carbonyl (C=O) groups is 2. The summed E-state index contributed by atoms with van der Waals surface area (Å²) in [6.45, 7) is 3.26. The van der Waals surface area contributed by atoms with Gasteiger partial charge in [0.1, 0.15) is 0 Å². The molecule has 0 aliphatic carbocycles. The van der Waals surface area contributed by atoms with E-state index in [2.05, 4.69) is 0 Å². The van der Waals surface area contributed by atoms with Crippen molar-refractivity contribution >= 4 is 21.9 Å². The van der Waals surface area contributed by atoms with E-state index in [1.807, 2.05) is 0 Å². The molecule has 8 heteroatoms. The zero-order valence-electron chi connectivity index (χ0n) is 15.6. The second kappa shape index (κ2) is 7.59. The van der Waals surface area contributed by atoms with Crippen molar-refractivity contribution < 1.29 is 23.1 Å². The zero-order valence-corrected chi connectivity index (χ0v) is 16.4. The van der Waals surface area contributed by atoms with Gasteiger partial charge in [0, 0.05) is 31.7 Å². The van der Waals surface area contributed by atoms with Crippen molar-refractivity contribution in [2.24, 2.45) is 5.41 Å². The fraction of sp³-hybridized carbons (Fsp3) is 0.579. The van der Waals surface area contributed by atoms with E-state index in [0.29, 0.717) is 32.5 Å². The van der Waals surface area contributed by atoms with Crippen LogP contribution < -0.4 is 0 Å². The first-order valence-corrected chi connectivity index (χ1v) is 10.8. The summed E-state index contributed by atoms with van der Waals surface area (Å²) in [7, 11) is -3.62. The molecule has 0 saturated carbocycles. The topological polar surface area (TPSA) is 95.0 Å². The second-order valence-electron chi connectivity index (χ2n) is 7.69. The molecule has 3 rings (SSSR count). The summed E-state index contributed by atoms with van der Waals surface area (Å²) in [6, 6.07) is 6.09. The second-order valence-corrected chi connectivity index (χ2v) is 9.63. The molecule has 1 aromatic carbocycles. The molecule has 0 bridgehead atoms. The number of amides is 1. The van der Waals surface area contributed by atoms with Crippen molar-refractivity contribution in [2.75, 3.05) is 26.2 Å². The van der Waals surface area contributed by atoms with E-state index >= 15 is 0 Å². The van der Waals surface area contributed by atoms with Crippen LogP contribution in [0.15, 0.2) is 29.2 Å². The first-order chi connectivity index (χ1) is 12.7. The van der Waals surface area contributed by atoms with Crippen LogP contribution in [0.25, 0.3) is 0 Å². The molecule has 2 aliphatic heterocycles. The van der Waals surface area contributed by atoms with Gasteiger partial charge in [0.05, 0.1) is 10.3 Å². The highest BCUT2D eigenvalue weighted by Crippen LogP contribution is 2.31. The summed E-state index contributed by atoms with van der Waals surface area (Å²) >= 11 is 0. The molecule has 2 heterocycles. The van der Waals surface area contributed by atoms with Crippen LogP contribution in [0, 0.1) is 5.41 Å². The van der Waals surface area contributed by atoms with Crippen molar-refractivity contribution in [1.29, 1.82) is 0 Å². The first kappa shape index (κ1) is 19.8. The lowest BCUT2D eigenvalue weighted by Crippen LogP contribution is -2.48. The van der Waals surface area contributed by atoms with Crippen LogP contribution in [0.3, 0.4) is 0 Å². The third-order valence-corrected chi connectivity index (χ3v) is 7.43. The molecule has 2 fully saturated rings. The van der Waals surface area contributed by atoms with E-state index in [0.717, 1.165) is 19.3 Å². The monoisotopic (exact) mass is 394 g/mol. The zero-order chi connectivity index (χ0) is 19.7. The summed E-state index contributed by atoms with van der Waals surface area (Å²) in [6.07, 6.45) is 3.86. The van der Waals surface area contributed by atoms with Gasteiger partial charge in [-0.05, 0) is 50.8 Å². The normalized spacial score (nSPS) is 24.6. The minimum atomic E-state index is -3.62. The fourth-order valence-corrected chi connectivity index (χ4v) is 5.38. The van der Waals surface area contributed by atoms with Gasteiger partial charge < -0.3 is 10.0 Å². The number of carboxylic acid groups (broad SMARTS) is 1. The largest absolute Gasteiger partial charge is 0.481 e. The molecule has 0 radical (unpaired) electrons. The number of piperidine rings is 2. The number of hydrogen-bond donors (Lipinski definition) is 1. The van der Waals surface area contributed by atoms with E-state index < -0.39 is 21.4 Å². The molecule has 0 spiro atoms. The van der Waals surface area contributed by atoms with Gasteiger partial charge in [-0.2, -0.15) is 4.31 Å². The number of rotatable bonds is 4. The minimum Gasteiger partial charge on any atom is -0.481 e. The molecule has 7 nitrogen and oxygen atoms in total. The molecule has 1 atom stereocenters. The van der Waals surface area contributed by atoms with Crippen LogP contribution in [0.1, 0.15) is 49.4 Å². The maximum atomic E-state index is 12.9. The lowest BCUT2D eigenvalue weighted by molar-refractivity contribution is -0.150. The van der Waals surface area contributed by atoms with Crippen LogP contribution in [0.5, 0.6) is 0 Å². The van der Waals surface area contributed by atoms with Crippen molar-refractivity contribution in [3.63, 3.8) is 0 Å². The van der Waals surface area contributed by atoms with Crippen molar-refractivity contribution in [1.82, 2.24) is 9.21 Å². The number of sulfonamides is 1. The average molecular weight is 394 g/mol. The molecular weight excluding hydrogens is 368 g/mol. The van der Waals surface area contributed by atoms with E-state index in [-0.39, 0.29) is 22.9 Å². The summed E-state index contributed by atoms with van der Waals surface area (Å²) in [5, 5.41) is 9.44. The van der Waals surface area contributed by atoms with Crippen molar-refractivity contribution in [2.45, 2.75) is 43.9 Å². The number of hydrogen-bond acceptors (Lipinski definition) is 4. The minimum absolute atomic E-state index is 0.119. The fourth-order valence-electron chi connectivity index (χ4n) is 3.81. The van der Waals surface area contributed by atoms with E-state index in [4.69, 9.17) is 0 Å². The SMILES string of the molecule is CC1(C(=O)O)CCCN(C(=O)c2cccc(S(=O)(=O)N3CCCCC3)c2)C1. The van der Waals surface area contributed by atoms with Gasteiger partial charge in [-0.3, -0.25) is 9.59 Å². The Morgan fingerprint density at radius 2 is 1.78 bits per heavy atom. The molecule has 2 saturated heterocycles. The summed E-state index contributed by atoms with van der Waals surface area (Å²) in [4.78, 5) is 26.0. The summed E-state index contributed by atoms with van der Waals surface area (Å²) in [5.74, 6) is -1.24. The van der Waals surface area contributed by atoms with E-state index in [1.165, 1.54) is 21.3 Å². The molecule has 1 amide bonds. The third-order valence-electron chi connectivity index (χ3n) is 5.53. The Bertz CT molecular complexity index is 832. The predicted molar refractivity (Wildman–Crippen MR) is 99.9 cm³/mol. The van der Waals surface area contributed by atoms with Crippen LogP contribution in [-0.4, -0.2) is 60.8 Å². The lowest BCUT2D eigenvalue weighted by Gasteiger charge is -2.37. The highest BCUT2D eigenvalue weighted by Gasteiger charge is 2.39. The molecule has 1 N–H and O–H groups in total. The molecule has 148 valence electrons. The molecule has 0 aromatic heterocycles. The van der Waals surface area contributed by atoms with Crippen molar-refractivity contribution in [3.05, 3.63) is 29.8 Å². The maximum Gasteiger partial charge on any atom is 0.311 e. The number of likely N-dealkylation sites (tertiary alicyclic amines) is 1. The number of carboxylic acids is 1. The molecule has 1 aromatic rings. The smallest absolute Gasteiger partial charge is 0.311 e. The van der Waals surface area contributed by atoms with Gasteiger partial charge in [-0.1, -0.05) is 12.5 Å². The first-order valence-electron chi connectivity index (χ1n) is 9.37. The van der Waals surface area contributed by atoms with Gasteiger partial charge in [0.15, 0.2) is 0 Å². The highest BCUT2D eigenvalue weighted by molar-refractivity contribution is 7.89. The van der Waals surface area contributed by atoms with Gasteiger partial charge in [-0.25, -0.2) is 8.42 Å². The quantitative estimate of drug-likeness (QED) is 0.845. The molecule has 2 aliphatic rings. The Morgan fingerprint density at radius 3 is 2.44 bits per heavy atom. The molecule has 1 unspecified atom stereocenters. The summed E-state index contributed by atoms with van der Waals surface area (Å²) < 4.78 is 27.2. The van der Waals surface area contributed by atoms with Gasteiger partial charge in [0.25, 0.3) is 5.91 Å². The Kier molecular flexibility index (Phi) is 5.58. The Labute approximate surface area is 160 Å². The number of benzene rings is 1. The number of nitrogens with zero attached hydrogens (tertiary/aromatic N) is 2. The van der Waals surface area contributed by atoms with Crippen LogP contribution in [0.2, 0.25) is 0 Å². The van der Waals surface area contributed by atoms with Crippen molar-refractivity contribution in [3.8, 4) is 0 Å². The van der Waals surface area contributed by atoms with E-state index in [9.17, 15) is 23.1 Å². The molecule has 27 heavy (non-hydrogen) atoms. The maximum absolute atomic E-state index is 12.9.